The van der Waals surface area contributed by atoms with E-state index < -0.39 is 43.3 Å². The van der Waals surface area contributed by atoms with Crippen molar-refractivity contribution in [3.05, 3.63) is 126 Å². The van der Waals surface area contributed by atoms with Gasteiger partial charge in [-0.05, 0) is 0 Å². The normalized spacial score (nSPS) is 12.7. The molecule has 0 bridgehead atoms. The average Bonchev–Trinajstić information content (AvgIpc) is 2.95. The van der Waals surface area contributed by atoms with Gasteiger partial charge in [0, 0.05) is 0 Å². The second-order valence-electron chi connectivity index (χ2n) is 8.79. The number of alkyl halides is 4. The maximum atomic E-state index is 13.4. The Morgan fingerprint density at radius 3 is 1.74 bits per heavy atom. The first kappa shape index (κ1) is 28.3. The van der Waals surface area contributed by atoms with Crippen LogP contribution in [0.2, 0.25) is 0 Å². The Balaban J connectivity index is 1.71. The molecule has 7 heteroatoms. The summed E-state index contributed by atoms with van der Waals surface area (Å²) >= 11 is -0.514. The van der Waals surface area contributed by atoms with Crippen molar-refractivity contribution >= 4 is 26.8 Å². The quantitative estimate of drug-likeness (QED) is 0.114. The van der Waals surface area contributed by atoms with Crippen molar-refractivity contribution in [1.29, 1.82) is 0 Å². The molecule has 0 heterocycles. The van der Waals surface area contributed by atoms with E-state index >= 15 is 0 Å². The Kier molecular flexibility index (Phi) is 9.61. The van der Waals surface area contributed by atoms with Crippen LogP contribution in [0.15, 0.2) is 115 Å². The van der Waals surface area contributed by atoms with E-state index in [4.69, 9.17) is 4.74 Å². The molecule has 0 radical (unpaired) electrons. The van der Waals surface area contributed by atoms with E-state index in [9.17, 15) is 18.0 Å². The molecule has 1 atom stereocenters. The molecule has 0 amide bonds. The third kappa shape index (κ3) is 6.65. The number of hydrogen-bond acceptors (Lipinski definition) is 2. The van der Waals surface area contributed by atoms with Crippen LogP contribution in [-0.2, 0) is 15.7 Å². The molecule has 0 aromatic heterocycles. The number of halogens is 4. The molecule has 0 N–H and O–H groups in total. The van der Waals surface area contributed by atoms with E-state index in [1.807, 2.05) is 18.2 Å². The molecule has 2 nitrogen and oxygen atoms in total. The summed E-state index contributed by atoms with van der Waals surface area (Å²) in [5.41, 5.74) is -0.170. The Hall–Kier alpha value is -2.70. The van der Waals surface area contributed by atoms with Gasteiger partial charge >= 0.3 is 233 Å². The number of carbonyl (C=O) groups excluding carboxylic acids is 1. The molecule has 4 aromatic carbocycles. The van der Waals surface area contributed by atoms with E-state index in [1.165, 1.54) is 35.2 Å². The van der Waals surface area contributed by atoms with Crippen molar-refractivity contribution in [3.8, 4) is 0 Å². The van der Waals surface area contributed by atoms with Gasteiger partial charge < -0.3 is 0 Å². The van der Waals surface area contributed by atoms with Crippen molar-refractivity contribution in [3.63, 3.8) is 0 Å². The third-order valence-corrected chi connectivity index (χ3v) is 20.1. The average molecular weight is 648 g/mol. The Morgan fingerprint density at radius 2 is 1.29 bits per heavy atom. The van der Waals surface area contributed by atoms with Gasteiger partial charge in [0.2, 0.25) is 0 Å². The number of esters is 1. The van der Waals surface area contributed by atoms with E-state index in [0.29, 0.717) is 12.0 Å². The fourth-order valence-electron chi connectivity index (χ4n) is 4.50. The van der Waals surface area contributed by atoms with Crippen LogP contribution in [0.4, 0.5) is 13.2 Å². The first-order chi connectivity index (χ1) is 18.3. The van der Waals surface area contributed by atoms with Gasteiger partial charge in [-0.25, -0.2) is 0 Å². The SMILES string of the molecule is COC(=O)C[C@H](CC[I-][P+](c1ccccc1)(c1ccccc1)c1ccccc1)c1cccc(C(F)(F)F)c1. The summed E-state index contributed by atoms with van der Waals surface area (Å²) < 4.78 is 46.1. The van der Waals surface area contributed by atoms with Gasteiger partial charge in [-0.1, -0.05) is 0 Å². The van der Waals surface area contributed by atoms with Gasteiger partial charge in [-0.3, -0.25) is 0 Å². The molecule has 38 heavy (non-hydrogen) atoms. The van der Waals surface area contributed by atoms with Crippen LogP contribution in [0.5, 0.6) is 0 Å². The zero-order valence-electron chi connectivity index (χ0n) is 20.9. The van der Waals surface area contributed by atoms with E-state index in [0.717, 1.165) is 10.5 Å². The fourth-order valence-corrected chi connectivity index (χ4v) is 18.1. The first-order valence-corrected chi connectivity index (χ1v) is 18.4. The van der Waals surface area contributed by atoms with Crippen molar-refractivity contribution in [1.82, 2.24) is 0 Å². The number of hydrogen-bond donors (Lipinski definition) is 0. The summed E-state index contributed by atoms with van der Waals surface area (Å²) in [7, 11) is 1.31. The zero-order valence-corrected chi connectivity index (χ0v) is 24.0. The van der Waals surface area contributed by atoms with E-state index in [2.05, 4.69) is 72.8 Å². The summed E-state index contributed by atoms with van der Waals surface area (Å²) in [5, 5.41) is 3.90. The standard InChI is InChI=1S/C31H29F3IO2P/c1-37-30(36)23-25(24-12-11-13-26(22-24)31(32,33)34)20-21-35-38(27-14-5-2-6-15-27,28-16-7-3-8-17-28)29-18-9-4-10-19-29/h2-19,22,25H,20-21,23H2,1H3/t25-/m0/s1. The predicted molar refractivity (Wildman–Crippen MR) is 145 cm³/mol. The molecule has 198 valence electrons. The van der Waals surface area contributed by atoms with Gasteiger partial charge in [0.05, 0.1) is 0 Å². The molecule has 0 aliphatic rings. The second-order valence-corrected chi connectivity index (χ2v) is 19.2. The van der Waals surface area contributed by atoms with Crippen LogP contribution in [0, 0.1) is 0 Å². The number of benzene rings is 4. The van der Waals surface area contributed by atoms with Gasteiger partial charge in [-0.2, -0.15) is 0 Å². The minimum atomic E-state index is -4.44. The molecule has 4 aromatic rings. The zero-order chi connectivity index (χ0) is 27.0. The molecule has 0 aliphatic heterocycles. The van der Waals surface area contributed by atoms with Crippen LogP contribution < -0.4 is 36.6 Å². The van der Waals surface area contributed by atoms with Crippen LogP contribution >= 0.6 is 4.90 Å². The second kappa shape index (κ2) is 12.9. The number of rotatable bonds is 10. The molecule has 4 rings (SSSR count). The molecule has 0 saturated heterocycles. The summed E-state index contributed by atoms with van der Waals surface area (Å²) in [5.74, 6) is -0.769. The Labute approximate surface area is 232 Å². The minimum absolute atomic E-state index is 0.0506. The van der Waals surface area contributed by atoms with E-state index in [-0.39, 0.29) is 12.3 Å². The summed E-state index contributed by atoms with van der Waals surface area (Å²) in [6.07, 6.45) is -3.78. The molecule has 0 aliphatic carbocycles. The molecular formula is C31H29F3IO2P. The Morgan fingerprint density at radius 1 is 0.789 bits per heavy atom. The molecule has 0 fully saturated rings. The van der Waals surface area contributed by atoms with Gasteiger partial charge in [0.25, 0.3) is 0 Å². The number of ether oxygens (including phenoxy) is 1. The fraction of sp³-hybridized carbons (Fsp3) is 0.194. The maximum absolute atomic E-state index is 13.4. The van der Waals surface area contributed by atoms with Crippen molar-refractivity contribution in [2.75, 3.05) is 11.5 Å². The summed E-state index contributed by atoms with van der Waals surface area (Å²) in [4.78, 5) is 10.3. The van der Waals surface area contributed by atoms with Crippen molar-refractivity contribution in [2.45, 2.75) is 24.9 Å². The molecule has 0 unspecified atom stereocenters. The van der Waals surface area contributed by atoms with Crippen LogP contribution in [0.25, 0.3) is 0 Å². The molecule has 0 saturated carbocycles. The van der Waals surface area contributed by atoms with Gasteiger partial charge in [0.1, 0.15) is 0 Å². The van der Waals surface area contributed by atoms with Crippen LogP contribution in [0.1, 0.15) is 29.9 Å². The third-order valence-electron chi connectivity index (χ3n) is 6.38. The first-order valence-electron chi connectivity index (χ1n) is 12.3. The van der Waals surface area contributed by atoms with E-state index in [1.54, 1.807) is 6.07 Å². The topological polar surface area (TPSA) is 26.3 Å². The predicted octanol–water partition coefficient (Wildman–Crippen LogP) is 3.74. The van der Waals surface area contributed by atoms with Crippen molar-refractivity contribution in [2.24, 2.45) is 0 Å². The van der Waals surface area contributed by atoms with Crippen LogP contribution in [-0.4, -0.2) is 17.5 Å². The molecule has 0 spiro atoms. The van der Waals surface area contributed by atoms with Crippen LogP contribution in [0.3, 0.4) is 0 Å². The summed E-state index contributed by atoms with van der Waals surface area (Å²) in [6, 6.07) is 37.1. The molecular weight excluding hydrogens is 619 g/mol. The van der Waals surface area contributed by atoms with Gasteiger partial charge in [-0.15, -0.1) is 0 Å². The summed E-state index contributed by atoms with van der Waals surface area (Å²) in [6.45, 7) is 0. The number of methoxy groups -OCH3 is 1. The van der Waals surface area contributed by atoms with Gasteiger partial charge in [0.15, 0.2) is 0 Å². The Bertz CT molecular complexity index is 1220. The van der Waals surface area contributed by atoms with Crippen molar-refractivity contribution < 1.29 is 43.4 Å². The number of carbonyl (C=O) groups is 1. The monoisotopic (exact) mass is 648 g/mol.